The van der Waals surface area contributed by atoms with Crippen molar-refractivity contribution in [1.29, 1.82) is 0 Å². The Morgan fingerprint density at radius 1 is 1.41 bits per heavy atom. The van der Waals surface area contributed by atoms with E-state index in [9.17, 15) is 5.11 Å². The molecule has 0 radical (unpaired) electrons. The highest BCUT2D eigenvalue weighted by atomic mass is 32.1. The molecule has 1 N–H and O–H groups in total. The summed E-state index contributed by atoms with van der Waals surface area (Å²) in [4.78, 5) is 15.8. The van der Waals surface area contributed by atoms with Crippen LogP contribution in [0.1, 0.15) is 22.6 Å². The second-order valence-corrected chi connectivity index (χ2v) is 7.15. The van der Waals surface area contributed by atoms with Crippen molar-refractivity contribution in [2.45, 2.75) is 32.4 Å². The molecular weight excluding hydrogens is 296 g/mol. The van der Waals surface area contributed by atoms with Crippen LogP contribution in [0.15, 0.2) is 24.5 Å². The lowest BCUT2D eigenvalue weighted by Crippen LogP contribution is -2.33. The smallest absolute Gasteiger partial charge is 0.134 e. The van der Waals surface area contributed by atoms with Gasteiger partial charge in [-0.3, -0.25) is 0 Å². The molecule has 118 valence electrons. The van der Waals surface area contributed by atoms with Crippen molar-refractivity contribution in [1.82, 2.24) is 9.97 Å². The Morgan fingerprint density at radius 2 is 2.27 bits per heavy atom. The zero-order chi connectivity index (χ0) is 15.5. The van der Waals surface area contributed by atoms with Crippen molar-refractivity contribution in [2.75, 3.05) is 30.0 Å². The van der Waals surface area contributed by atoms with Crippen molar-refractivity contribution in [3.8, 4) is 0 Å². The third kappa shape index (κ3) is 3.23. The summed E-state index contributed by atoms with van der Waals surface area (Å²) in [7, 11) is 2.05. The highest BCUT2D eigenvalue weighted by Crippen LogP contribution is 2.26. The summed E-state index contributed by atoms with van der Waals surface area (Å²) >= 11 is 1.82. The molecule has 0 unspecified atom stereocenters. The standard InChI is InChI=1S/C16H22N4OS/c1-12-5-6-14(22-12)9-19(2)15-8-16(18-11-17-15)20-7-3-4-13(20)10-21/h5-6,8,11,13,21H,3-4,7,9-10H2,1-2H3/t13-/m0/s1. The van der Waals surface area contributed by atoms with Gasteiger partial charge in [0.15, 0.2) is 0 Å². The molecule has 0 spiro atoms. The lowest BCUT2D eigenvalue weighted by Gasteiger charge is -2.25. The van der Waals surface area contributed by atoms with Crippen LogP contribution in [0, 0.1) is 6.92 Å². The normalized spacial score (nSPS) is 18.0. The number of hydrogen-bond donors (Lipinski definition) is 1. The van der Waals surface area contributed by atoms with Crippen LogP contribution >= 0.6 is 11.3 Å². The first kappa shape index (κ1) is 15.2. The maximum atomic E-state index is 9.48. The number of thiophene rings is 1. The first-order valence-corrected chi connectivity index (χ1v) is 8.45. The van der Waals surface area contributed by atoms with Gasteiger partial charge >= 0.3 is 0 Å². The fourth-order valence-electron chi connectivity index (χ4n) is 2.91. The van der Waals surface area contributed by atoms with E-state index in [1.807, 2.05) is 17.4 Å². The minimum atomic E-state index is 0.184. The molecule has 22 heavy (non-hydrogen) atoms. The van der Waals surface area contributed by atoms with Crippen molar-refractivity contribution >= 4 is 23.0 Å². The zero-order valence-electron chi connectivity index (χ0n) is 13.1. The van der Waals surface area contributed by atoms with E-state index >= 15 is 0 Å². The molecule has 1 aliphatic heterocycles. The monoisotopic (exact) mass is 318 g/mol. The molecule has 0 aliphatic carbocycles. The number of aromatic nitrogens is 2. The molecule has 0 amide bonds. The van der Waals surface area contributed by atoms with Crippen LogP contribution in [0.4, 0.5) is 11.6 Å². The Morgan fingerprint density at radius 3 is 3.00 bits per heavy atom. The largest absolute Gasteiger partial charge is 0.394 e. The Bertz CT molecular complexity index is 630. The molecule has 3 heterocycles. The molecule has 0 bridgehead atoms. The van der Waals surface area contributed by atoms with Gasteiger partial charge in [0.2, 0.25) is 0 Å². The van der Waals surface area contributed by atoms with Crippen molar-refractivity contribution in [3.05, 3.63) is 34.3 Å². The number of rotatable bonds is 5. The quantitative estimate of drug-likeness (QED) is 0.918. The molecular formula is C16H22N4OS. The van der Waals surface area contributed by atoms with Gasteiger partial charge in [0.1, 0.15) is 18.0 Å². The summed E-state index contributed by atoms with van der Waals surface area (Å²) in [6.45, 7) is 4.11. The van der Waals surface area contributed by atoms with Crippen LogP contribution in [-0.2, 0) is 6.54 Å². The second kappa shape index (κ2) is 6.62. The Balaban J connectivity index is 1.75. The maximum Gasteiger partial charge on any atom is 0.134 e. The zero-order valence-corrected chi connectivity index (χ0v) is 13.9. The summed E-state index contributed by atoms with van der Waals surface area (Å²) in [6, 6.07) is 6.53. The molecule has 1 atom stereocenters. The molecule has 1 saturated heterocycles. The SMILES string of the molecule is Cc1ccc(CN(C)c2cc(N3CCC[C@H]3CO)ncn2)s1. The van der Waals surface area contributed by atoms with Crippen LogP contribution in [-0.4, -0.2) is 41.3 Å². The van der Waals surface area contributed by atoms with E-state index in [0.717, 1.165) is 37.6 Å². The average molecular weight is 318 g/mol. The topological polar surface area (TPSA) is 52.5 Å². The summed E-state index contributed by atoms with van der Waals surface area (Å²) in [6.07, 6.45) is 3.75. The van der Waals surface area contributed by atoms with E-state index in [0.29, 0.717) is 0 Å². The van der Waals surface area contributed by atoms with Gasteiger partial charge in [0, 0.05) is 29.4 Å². The lowest BCUT2D eigenvalue weighted by molar-refractivity contribution is 0.266. The lowest BCUT2D eigenvalue weighted by atomic mass is 10.2. The summed E-state index contributed by atoms with van der Waals surface area (Å²) in [5.41, 5.74) is 0. The maximum absolute atomic E-state index is 9.48. The predicted molar refractivity (Wildman–Crippen MR) is 90.6 cm³/mol. The van der Waals surface area contributed by atoms with E-state index < -0.39 is 0 Å². The average Bonchev–Trinajstić information content (AvgIpc) is 3.16. The van der Waals surface area contributed by atoms with Gasteiger partial charge in [0.25, 0.3) is 0 Å². The fourth-order valence-corrected chi connectivity index (χ4v) is 3.86. The molecule has 1 aliphatic rings. The number of aliphatic hydroxyl groups is 1. The number of hydrogen-bond acceptors (Lipinski definition) is 6. The van der Waals surface area contributed by atoms with Crippen LogP contribution in [0.25, 0.3) is 0 Å². The van der Waals surface area contributed by atoms with Gasteiger partial charge < -0.3 is 14.9 Å². The van der Waals surface area contributed by atoms with Crippen LogP contribution in [0.2, 0.25) is 0 Å². The first-order chi connectivity index (χ1) is 10.7. The van der Waals surface area contributed by atoms with Crippen LogP contribution < -0.4 is 9.80 Å². The number of aliphatic hydroxyl groups excluding tert-OH is 1. The fraction of sp³-hybridized carbons (Fsp3) is 0.500. The molecule has 5 nitrogen and oxygen atoms in total. The van der Waals surface area contributed by atoms with Gasteiger partial charge in [-0.15, -0.1) is 11.3 Å². The molecule has 3 rings (SSSR count). The summed E-state index contributed by atoms with van der Waals surface area (Å²) in [5, 5.41) is 9.48. The number of aryl methyl sites for hydroxylation is 1. The first-order valence-electron chi connectivity index (χ1n) is 7.63. The van der Waals surface area contributed by atoms with Crippen molar-refractivity contribution in [3.63, 3.8) is 0 Å². The van der Waals surface area contributed by atoms with E-state index in [4.69, 9.17) is 0 Å². The van der Waals surface area contributed by atoms with Crippen LogP contribution in [0.3, 0.4) is 0 Å². The van der Waals surface area contributed by atoms with Gasteiger partial charge in [-0.2, -0.15) is 0 Å². The highest BCUT2D eigenvalue weighted by Gasteiger charge is 2.25. The molecule has 0 saturated carbocycles. The second-order valence-electron chi connectivity index (χ2n) is 5.77. The van der Waals surface area contributed by atoms with E-state index in [1.165, 1.54) is 9.75 Å². The van der Waals surface area contributed by atoms with Gasteiger partial charge in [-0.1, -0.05) is 0 Å². The minimum Gasteiger partial charge on any atom is -0.394 e. The molecule has 6 heteroatoms. The van der Waals surface area contributed by atoms with Gasteiger partial charge in [-0.05, 0) is 31.9 Å². The number of nitrogens with zero attached hydrogens (tertiary/aromatic N) is 4. The van der Waals surface area contributed by atoms with E-state index in [-0.39, 0.29) is 12.6 Å². The van der Waals surface area contributed by atoms with E-state index in [2.05, 4.69) is 45.9 Å². The van der Waals surface area contributed by atoms with Crippen molar-refractivity contribution < 1.29 is 5.11 Å². The summed E-state index contributed by atoms with van der Waals surface area (Å²) < 4.78 is 0. The van der Waals surface area contributed by atoms with Crippen LogP contribution in [0.5, 0.6) is 0 Å². The minimum absolute atomic E-state index is 0.184. The molecule has 2 aromatic heterocycles. The Hall–Kier alpha value is -1.66. The third-order valence-corrected chi connectivity index (χ3v) is 5.09. The highest BCUT2D eigenvalue weighted by molar-refractivity contribution is 7.11. The predicted octanol–water partition coefficient (Wildman–Crippen LogP) is 2.44. The summed E-state index contributed by atoms with van der Waals surface area (Å²) in [5.74, 6) is 1.83. The third-order valence-electron chi connectivity index (χ3n) is 4.10. The number of anilines is 2. The molecule has 1 fully saturated rings. The Labute approximate surface area is 135 Å². The van der Waals surface area contributed by atoms with Crippen molar-refractivity contribution in [2.24, 2.45) is 0 Å². The molecule has 0 aromatic carbocycles. The van der Waals surface area contributed by atoms with Gasteiger partial charge in [-0.25, -0.2) is 9.97 Å². The molecule has 2 aromatic rings. The van der Waals surface area contributed by atoms with Gasteiger partial charge in [0.05, 0.1) is 19.2 Å². The Kier molecular flexibility index (Phi) is 4.59. The van der Waals surface area contributed by atoms with E-state index in [1.54, 1.807) is 6.33 Å².